The summed E-state index contributed by atoms with van der Waals surface area (Å²) in [6, 6.07) is 18.6. The average Bonchev–Trinajstić information content (AvgIpc) is 2.94. The van der Waals surface area contributed by atoms with Crippen LogP contribution in [0.4, 0.5) is 0 Å². The molecule has 0 N–H and O–H groups in total. The summed E-state index contributed by atoms with van der Waals surface area (Å²) in [6.07, 6.45) is 5.35. The van der Waals surface area contributed by atoms with Crippen molar-refractivity contribution in [3.05, 3.63) is 78.6 Å². The quantitative estimate of drug-likeness (QED) is 0.343. The maximum absolute atomic E-state index is 11.2. The van der Waals surface area contributed by atoms with Gasteiger partial charge in [-0.2, -0.15) is 0 Å². The number of hydrogen-bond acceptors (Lipinski definition) is 2. The molecule has 0 saturated carbocycles. The first kappa shape index (κ1) is 17.9. The van der Waals surface area contributed by atoms with Gasteiger partial charge in [-0.3, -0.25) is 0 Å². The summed E-state index contributed by atoms with van der Waals surface area (Å²) >= 11 is 0. The van der Waals surface area contributed by atoms with Crippen LogP contribution >= 0.6 is 0 Å². The molecule has 0 aliphatic carbocycles. The van der Waals surface area contributed by atoms with Gasteiger partial charge in [0, 0.05) is 6.08 Å². The van der Waals surface area contributed by atoms with Crippen molar-refractivity contribution in [2.24, 2.45) is 0 Å². The smallest absolute Gasteiger partial charge is 0.330 e. The van der Waals surface area contributed by atoms with Gasteiger partial charge in [0.25, 0.3) is 0 Å². The molecule has 0 radical (unpaired) electrons. The average molecular weight is 387 g/mol. The molecule has 5 heteroatoms. The highest BCUT2D eigenvalue weighted by molar-refractivity contribution is 5.81. The SMILES string of the molecule is COC(=O)/C=C/Cn1c[n+](Cc2ccccc2)c2ccccc21.[Br-]. The molecular weight excluding hydrogens is 368 g/mol. The molecule has 3 rings (SSSR count). The minimum absolute atomic E-state index is 0. The summed E-state index contributed by atoms with van der Waals surface area (Å²) in [7, 11) is 1.38. The van der Waals surface area contributed by atoms with Crippen molar-refractivity contribution >= 4 is 17.0 Å². The summed E-state index contributed by atoms with van der Waals surface area (Å²) in [4.78, 5) is 11.2. The van der Waals surface area contributed by atoms with E-state index in [-0.39, 0.29) is 23.0 Å². The Bertz CT molecular complexity index is 841. The number of para-hydroxylation sites is 2. The molecule has 0 amide bonds. The van der Waals surface area contributed by atoms with Gasteiger partial charge in [-0.25, -0.2) is 13.9 Å². The number of allylic oxidation sites excluding steroid dienone is 1. The monoisotopic (exact) mass is 386 g/mol. The van der Waals surface area contributed by atoms with Crippen LogP contribution in [0.5, 0.6) is 0 Å². The fourth-order valence-corrected chi connectivity index (χ4v) is 2.62. The van der Waals surface area contributed by atoms with Gasteiger partial charge >= 0.3 is 5.97 Å². The van der Waals surface area contributed by atoms with Crippen LogP contribution in [0.1, 0.15) is 5.56 Å². The number of carbonyl (C=O) groups excluding carboxylic acids is 1. The first-order valence-corrected chi connectivity index (χ1v) is 7.53. The van der Waals surface area contributed by atoms with Crippen LogP contribution in [0.2, 0.25) is 0 Å². The molecule has 0 saturated heterocycles. The van der Waals surface area contributed by atoms with Crippen molar-refractivity contribution in [3.8, 4) is 0 Å². The highest BCUT2D eigenvalue weighted by atomic mass is 79.9. The van der Waals surface area contributed by atoms with E-state index in [2.05, 4.69) is 44.5 Å². The van der Waals surface area contributed by atoms with Crippen LogP contribution in [0.3, 0.4) is 0 Å². The molecule has 0 unspecified atom stereocenters. The van der Waals surface area contributed by atoms with E-state index in [1.807, 2.05) is 36.4 Å². The fraction of sp³-hybridized carbons (Fsp3) is 0.158. The second kappa shape index (κ2) is 8.45. The van der Waals surface area contributed by atoms with Crippen LogP contribution in [-0.2, 0) is 22.6 Å². The largest absolute Gasteiger partial charge is 1.00 e. The number of methoxy groups -OCH3 is 1. The molecule has 1 heterocycles. The van der Waals surface area contributed by atoms with Gasteiger partial charge in [-0.05, 0) is 23.8 Å². The van der Waals surface area contributed by atoms with Gasteiger partial charge < -0.3 is 21.7 Å². The van der Waals surface area contributed by atoms with Crippen molar-refractivity contribution in [2.75, 3.05) is 7.11 Å². The van der Waals surface area contributed by atoms with Crippen molar-refractivity contribution in [1.82, 2.24) is 4.57 Å². The third-order valence-electron chi connectivity index (χ3n) is 3.73. The van der Waals surface area contributed by atoms with Crippen LogP contribution < -0.4 is 21.5 Å². The second-order valence-corrected chi connectivity index (χ2v) is 5.30. The number of ether oxygens (including phenoxy) is 1. The molecule has 0 aliphatic heterocycles. The van der Waals surface area contributed by atoms with Crippen molar-refractivity contribution in [1.29, 1.82) is 0 Å². The van der Waals surface area contributed by atoms with E-state index in [1.165, 1.54) is 24.3 Å². The standard InChI is InChI=1S/C19H19N2O2.BrH/c1-23-19(22)12-7-13-20-15-21(14-16-8-3-2-4-9-16)18-11-6-5-10-17(18)20;/h2-12,15H,13-14H2,1H3;1H/q+1;/p-1/b12-7+;. The predicted molar refractivity (Wildman–Crippen MR) is 88.8 cm³/mol. The fourth-order valence-electron chi connectivity index (χ4n) is 2.62. The Labute approximate surface area is 151 Å². The number of esters is 1. The van der Waals surface area contributed by atoms with E-state index in [9.17, 15) is 4.79 Å². The van der Waals surface area contributed by atoms with Crippen molar-refractivity contribution in [3.63, 3.8) is 0 Å². The van der Waals surface area contributed by atoms with Gasteiger partial charge in [0.15, 0.2) is 11.0 Å². The third kappa shape index (κ3) is 4.11. The lowest BCUT2D eigenvalue weighted by Gasteiger charge is -1.97. The van der Waals surface area contributed by atoms with Gasteiger partial charge in [0.2, 0.25) is 6.33 Å². The first-order valence-electron chi connectivity index (χ1n) is 7.53. The zero-order valence-corrected chi connectivity index (χ0v) is 15.0. The van der Waals surface area contributed by atoms with Crippen molar-refractivity contribution < 1.29 is 31.1 Å². The van der Waals surface area contributed by atoms with Gasteiger partial charge in [-0.1, -0.05) is 42.5 Å². The lowest BCUT2D eigenvalue weighted by Crippen LogP contribution is -3.00. The zero-order chi connectivity index (χ0) is 16.1. The normalized spacial score (nSPS) is 10.7. The molecule has 24 heavy (non-hydrogen) atoms. The molecule has 1 aromatic heterocycles. The van der Waals surface area contributed by atoms with E-state index < -0.39 is 0 Å². The number of halogens is 1. The Balaban J connectivity index is 0.00000208. The minimum Gasteiger partial charge on any atom is -1.00 e. The second-order valence-electron chi connectivity index (χ2n) is 5.30. The maximum Gasteiger partial charge on any atom is 0.330 e. The molecule has 4 nitrogen and oxygen atoms in total. The Hall–Kier alpha value is -2.40. The summed E-state index contributed by atoms with van der Waals surface area (Å²) in [6.45, 7) is 1.44. The number of fused-ring (bicyclic) bond motifs is 1. The van der Waals surface area contributed by atoms with Crippen LogP contribution in [-0.4, -0.2) is 17.6 Å². The van der Waals surface area contributed by atoms with E-state index in [0.717, 1.165) is 12.1 Å². The number of nitrogens with zero attached hydrogens (tertiary/aromatic N) is 2. The Morgan fingerprint density at radius 3 is 2.58 bits per heavy atom. The van der Waals surface area contributed by atoms with Gasteiger partial charge in [0.1, 0.15) is 13.1 Å². The third-order valence-corrected chi connectivity index (χ3v) is 3.73. The number of rotatable bonds is 5. The molecule has 0 bridgehead atoms. The lowest BCUT2D eigenvalue weighted by molar-refractivity contribution is -0.663. The van der Waals surface area contributed by atoms with Crippen molar-refractivity contribution in [2.45, 2.75) is 13.1 Å². The molecule has 0 aliphatic rings. The maximum atomic E-state index is 11.2. The molecule has 2 aromatic carbocycles. The molecule has 3 aromatic rings. The molecule has 0 fully saturated rings. The van der Waals surface area contributed by atoms with E-state index in [0.29, 0.717) is 6.54 Å². The summed E-state index contributed by atoms with van der Waals surface area (Å²) in [5.74, 6) is -0.335. The Kier molecular flexibility index (Phi) is 6.32. The lowest BCUT2D eigenvalue weighted by atomic mass is 10.2. The summed E-state index contributed by atoms with van der Waals surface area (Å²) < 4.78 is 8.96. The Morgan fingerprint density at radius 1 is 1.12 bits per heavy atom. The molecule has 124 valence electrons. The number of carbonyl (C=O) groups is 1. The summed E-state index contributed by atoms with van der Waals surface area (Å²) in [5.41, 5.74) is 3.56. The molecule has 0 atom stereocenters. The Morgan fingerprint density at radius 2 is 1.83 bits per heavy atom. The topological polar surface area (TPSA) is 35.1 Å². The van der Waals surface area contributed by atoms with E-state index >= 15 is 0 Å². The van der Waals surface area contributed by atoms with Gasteiger partial charge in [0.05, 0.1) is 7.11 Å². The minimum atomic E-state index is -0.335. The highest BCUT2D eigenvalue weighted by Gasteiger charge is 2.14. The van der Waals surface area contributed by atoms with E-state index in [1.54, 1.807) is 0 Å². The number of hydrogen-bond donors (Lipinski definition) is 0. The molecule has 0 spiro atoms. The van der Waals surface area contributed by atoms with Crippen LogP contribution in [0.15, 0.2) is 73.1 Å². The number of benzene rings is 2. The number of aromatic nitrogens is 2. The first-order chi connectivity index (χ1) is 11.3. The van der Waals surface area contributed by atoms with Crippen LogP contribution in [0, 0.1) is 0 Å². The zero-order valence-electron chi connectivity index (χ0n) is 13.4. The van der Waals surface area contributed by atoms with Crippen LogP contribution in [0.25, 0.3) is 11.0 Å². The predicted octanol–water partition coefficient (Wildman–Crippen LogP) is -0.290. The molecular formula is C19H19BrN2O2. The van der Waals surface area contributed by atoms with Gasteiger partial charge in [-0.15, -0.1) is 0 Å². The summed E-state index contributed by atoms with van der Waals surface area (Å²) in [5, 5.41) is 0. The number of imidazole rings is 1. The van der Waals surface area contributed by atoms with E-state index in [4.69, 9.17) is 0 Å². The highest BCUT2D eigenvalue weighted by Crippen LogP contribution is 2.12.